The van der Waals surface area contributed by atoms with Crippen molar-refractivity contribution in [3.63, 3.8) is 0 Å². The standard InChI is InChI=1S/C26H26N4O2/c1-19-8-9-20(2)24(14-19)32-26-13-11-21(16-28-26)15-27-25(31)12-10-22-17-29-30(18-22)23-6-4-3-5-7-23/h3-9,11,13-14,16-18H,10,12,15H2,1-2H3,(H,27,31). The number of hydrogen-bond acceptors (Lipinski definition) is 4. The molecule has 0 aliphatic rings. The van der Waals surface area contributed by atoms with Crippen molar-refractivity contribution < 1.29 is 9.53 Å². The van der Waals surface area contributed by atoms with Crippen LogP contribution >= 0.6 is 0 Å². The Morgan fingerprint density at radius 3 is 2.62 bits per heavy atom. The summed E-state index contributed by atoms with van der Waals surface area (Å²) >= 11 is 0. The average molecular weight is 427 g/mol. The molecule has 2 aromatic heterocycles. The Bertz CT molecular complexity index is 1180. The summed E-state index contributed by atoms with van der Waals surface area (Å²) in [5.41, 5.74) is 5.14. The second-order valence-corrected chi connectivity index (χ2v) is 7.78. The highest BCUT2D eigenvalue weighted by Crippen LogP contribution is 2.24. The van der Waals surface area contributed by atoms with Gasteiger partial charge in [-0.3, -0.25) is 4.79 Å². The van der Waals surface area contributed by atoms with Gasteiger partial charge in [-0.1, -0.05) is 36.4 Å². The zero-order valence-electron chi connectivity index (χ0n) is 18.3. The molecule has 162 valence electrons. The van der Waals surface area contributed by atoms with E-state index in [1.165, 1.54) is 0 Å². The molecule has 0 aliphatic carbocycles. The van der Waals surface area contributed by atoms with Crippen molar-refractivity contribution in [3.8, 4) is 17.3 Å². The van der Waals surface area contributed by atoms with Crippen LogP contribution in [0.2, 0.25) is 0 Å². The van der Waals surface area contributed by atoms with E-state index < -0.39 is 0 Å². The minimum absolute atomic E-state index is 0.00632. The van der Waals surface area contributed by atoms with E-state index in [9.17, 15) is 4.79 Å². The maximum absolute atomic E-state index is 12.3. The van der Waals surface area contributed by atoms with Gasteiger partial charge in [-0.2, -0.15) is 5.10 Å². The molecule has 6 heteroatoms. The number of ether oxygens (including phenoxy) is 1. The Hall–Kier alpha value is -3.93. The molecular formula is C26H26N4O2. The van der Waals surface area contributed by atoms with Crippen molar-refractivity contribution in [1.82, 2.24) is 20.1 Å². The Morgan fingerprint density at radius 2 is 1.84 bits per heavy atom. The van der Waals surface area contributed by atoms with E-state index in [-0.39, 0.29) is 5.91 Å². The Kier molecular flexibility index (Phi) is 6.60. The van der Waals surface area contributed by atoms with Crippen molar-refractivity contribution in [2.45, 2.75) is 33.2 Å². The van der Waals surface area contributed by atoms with E-state index in [0.29, 0.717) is 25.3 Å². The van der Waals surface area contributed by atoms with Crippen LogP contribution in [0.25, 0.3) is 5.69 Å². The monoisotopic (exact) mass is 426 g/mol. The van der Waals surface area contributed by atoms with E-state index in [2.05, 4.69) is 21.5 Å². The van der Waals surface area contributed by atoms with Gasteiger partial charge in [0.15, 0.2) is 0 Å². The molecule has 1 N–H and O–H groups in total. The van der Waals surface area contributed by atoms with Gasteiger partial charge >= 0.3 is 0 Å². The first-order valence-corrected chi connectivity index (χ1v) is 10.6. The maximum Gasteiger partial charge on any atom is 0.220 e. The molecule has 0 fully saturated rings. The molecule has 2 aromatic carbocycles. The van der Waals surface area contributed by atoms with Crippen molar-refractivity contribution in [1.29, 1.82) is 0 Å². The molecule has 0 atom stereocenters. The van der Waals surface area contributed by atoms with E-state index in [4.69, 9.17) is 4.74 Å². The summed E-state index contributed by atoms with van der Waals surface area (Å²) in [4.78, 5) is 16.6. The van der Waals surface area contributed by atoms with Crippen molar-refractivity contribution in [2.75, 3.05) is 0 Å². The second kappa shape index (κ2) is 9.92. The molecule has 0 bridgehead atoms. The molecule has 0 unspecified atom stereocenters. The summed E-state index contributed by atoms with van der Waals surface area (Å²) in [6, 6.07) is 19.7. The number of amides is 1. The predicted octanol–water partition coefficient (Wildman–Crippen LogP) is 4.93. The number of para-hydroxylation sites is 1. The van der Waals surface area contributed by atoms with Crippen LogP contribution in [-0.2, 0) is 17.8 Å². The Labute approximate surface area is 187 Å². The number of pyridine rings is 1. The van der Waals surface area contributed by atoms with Crippen LogP contribution in [0.4, 0.5) is 0 Å². The highest BCUT2D eigenvalue weighted by molar-refractivity contribution is 5.76. The number of hydrogen-bond donors (Lipinski definition) is 1. The molecular weight excluding hydrogens is 400 g/mol. The molecule has 32 heavy (non-hydrogen) atoms. The molecule has 0 aliphatic heterocycles. The summed E-state index contributed by atoms with van der Waals surface area (Å²) in [7, 11) is 0. The van der Waals surface area contributed by atoms with E-state index in [1.807, 2.05) is 79.3 Å². The molecule has 4 aromatic rings. The van der Waals surface area contributed by atoms with Gasteiger partial charge in [-0.25, -0.2) is 9.67 Å². The first kappa shape index (κ1) is 21.3. The summed E-state index contributed by atoms with van der Waals surface area (Å²) in [5.74, 6) is 1.33. The van der Waals surface area contributed by atoms with Gasteiger partial charge in [-0.05, 0) is 60.7 Å². The van der Waals surface area contributed by atoms with Crippen molar-refractivity contribution in [3.05, 3.63) is 102 Å². The number of carbonyl (C=O) groups is 1. The number of benzene rings is 2. The predicted molar refractivity (Wildman–Crippen MR) is 124 cm³/mol. The van der Waals surface area contributed by atoms with Gasteiger partial charge in [0.2, 0.25) is 11.8 Å². The topological polar surface area (TPSA) is 69.0 Å². The lowest BCUT2D eigenvalue weighted by molar-refractivity contribution is -0.121. The van der Waals surface area contributed by atoms with Crippen LogP contribution < -0.4 is 10.1 Å². The first-order chi connectivity index (χ1) is 15.6. The average Bonchev–Trinajstić information content (AvgIpc) is 3.29. The number of aromatic nitrogens is 3. The number of aryl methyl sites for hydroxylation is 3. The van der Waals surface area contributed by atoms with Crippen molar-refractivity contribution >= 4 is 5.91 Å². The quantitative estimate of drug-likeness (QED) is 0.434. The lowest BCUT2D eigenvalue weighted by Gasteiger charge is -2.09. The van der Waals surface area contributed by atoms with Crippen LogP contribution in [0.3, 0.4) is 0 Å². The van der Waals surface area contributed by atoms with Crippen LogP contribution in [0.1, 0.15) is 28.7 Å². The number of nitrogens with one attached hydrogen (secondary N) is 1. The minimum atomic E-state index is -0.00632. The smallest absolute Gasteiger partial charge is 0.220 e. The second-order valence-electron chi connectivity index (χ2n) is 7.78. The van der Waals surface area contributed by atoms with Gasteiger partial charge in [-0.15, -0.1) is 0 Å². The lowest BCUT2D eigenvalue weighted by atomic mass is 10.1. The molecule has 0 saturated heterocycles. The van der Waals surface area contributed by atoms with Gasteiger partial charge < -0.3 is 10.1 Å². The van der Waals surface area contributed by atoms with E-state index in [1.54, 1.807) is 12.4 Å². The maximum atomic E-state index is 12.3. The third-order valence-corrected chi connectivity index (χ3v) is 5.14. The molecule has 0 radical (unpaired) electrons. The number of carbonyl (C=O) groups excluding carboxylic acids is 1. The summed E-state index contributed by atoms with van der Waals surface area (Å²) in [6.45, 7) is 4.46. The van der Waals surface area contributed by atoms with Gasteiger partial charge in [0, 0.05) is 31.4 Å². The first-order valence-electron chi connectivity index (χ1n) is 10.6. The van der Waals surface area contributed by atoms with Crippen LogP contribution in [0.5, 0.6) is 11.6 Å². The highest BCUT2D eigenvalue weighted by atomic mass is 16.5. The summed E-state index contributed by atoms with van der Waals surface area (Å²) in [5, 5.41) is 7.32. The Morgan fingerprint density at radius 1 is 1.00 bits per heavy atom. The zero-order chi connectivity index (χ0) is 22.3. The largest absolute Gasteiger partial charge is 0.439 e. The highest BCUT2D eigenvalue weighted by Gasteiger charge is 2.07. The van der Waals surface area contributed by atoms with Crippen LogP contribution in [0, 0.1) is 13.8 Å². The minimum Gasteiger partial charge on any atom is -0.439 e. The Balaban J connectivity index is 1.24. The third kappa shape index (κ3) is 5.60. The van der Waals surface area contributed by atoms with Gasteiger partial charge in [0.05, 0.1) is 11.9 Å². The number of rotatable bonds is 8. The van der Waals surface area contributed by atoms with Gasteiger partial charge in [0.1, 0.15) is 5.75 Å². The fourth-order valence-electron chi connectivity index (χ4n) is 3.26. The molecule has 0 saturated carbocycles. The fraction of sp³-hybridized carbons (Fsp3) is 0.192. The van der Waals surface area contributed by atoms with Crippen LogP contribution in [-0.4, -0.2) is 20.7 Å². The molecule has 1 amide bonds. The van der Waals surface area contributed by atoms with Gasteiger partial charge in [0.25, 0.3) is 0 Å². The van der Waals surface area contributed by atoms with E-state index >= 15 is 0 Å². The van der Waals surface area contributed by atoms with Crippen molar-refractivity contribution in [2.24, 2.45) is 0 Å². The third-order valence-electron chi connectivity index (χ3n) is 5.14. The van der Waals surface area contributed by atoms with E-state index in [0.717, 1.165) is 33.7 Å². The zero-order valence-corrected chi connectivity index (χ0v) is 18.3. The fourth-order valence-corrected chi connectivity index (χ4v) is 3.26. The normalized spacial score (nSPS) is 10.7. The lowest BCUT2D eigenvalue weighted by Crippen LogP contribution is -2.23. The SMILES string of the molecule is Cc1ccc(C)c(Oc2ccc(CNC(=O)CCc3cnn(-c4ccccc4)c3)cn2)c1. The summed E-state index contributed by atoms with van der Waals surface area (Å²) < 4.78 is 7.71. The van der Waals surface area contributed by atoms with Crippen LogP contribution in [0.15, 0.2) is 79.3 Å². The molecule has 4 rings (SSSR count). The molecule has 6 nitrogen and oxygen atoms in total. The number of nitrogens with zero attached hydrogens (tertiary/aromatic N) is 3. The molecule has 2 heterocycles. The summed E-state index contributed by atoms with van der Waals surface area (Å²) in [6.07, 6.45) is 6.53. The molecule has 0 spiro atoms.